The second-order valence-electron chi connectivity index (χ2n) is 9.96. The zero-order valence-electron chi connectivity index (χ0n) is 21.2. The summed E-state index contributed by atoms with van der Waals surface area (Å²) in [6, 6.07) is 39.4. The summed E-state index contributed by atoms with van der Waals surface area (Å²) in [6.07, 6.45) is 1.80. The van der Waals surface area contributed by atoms with E-state index in [1.807, 2.05) is 36.4 Å². The first-order valence-corrected chi connectivity index (χ1v) is 13.3. The van der Waals surface area contributed by atoms with E-state index >= 15 is 0 Å². The summed E-state index contributed by atoms with van der Waals surface area (Å²) in [5.74, 6) is 0.588. The molecule has 0 spiro atoms. The number of imidazole rings is 1. The molecule has 4 aromatic carbocycles. The lowest BCUT2D eigenvalue weighted by Gasteiger charge is -2.13. The summed E-state index contributed by atoms with van der Waals surface area (Å²) < 4.78 is 4.43. The summed E-state index contributed by atoms with van der Waals surface area (Å²) in [6.45, 7) is 0. The van der Waals surface area contributed by atoms with Gasteiger partial charge in [-0.3, -0.25) is 14.0 Å². The predicted octanol–water partition coefficient (Wildman–Crippen LogP) is 7.74. The number of hydrogen-bond acceptors (Lipinski definition) is 4. The van der Waals surface area contributed by atoms with Crippen molar-refractivity contribution in [3.05, 3.63) is 121 Å². The highest BCUT2D eigenvalue weighted by atomic mass is 15.2. The minimum atomic E-state index is 0.588. The monoisotopic (exact) mass is 512 g/mol. The molecular formula is C34H20N6. The third-order valence-corrected chi connectivity index (χ3v) is 7.77. The number of aromatic nitrogens is 6. The molecule has 9 rings (SSSR count). The van der Waals surface area contributed by atoms with Crippen molar-refractivity contribution in [2.24, 2.45) is 0 Å². The zero-order valence-corrected chi connectivity index (χ0v) is 21.2. The van der Waals surface area contributed by atoms with E-state index in [2.05, 4.69) is 92.8 Å². The van der Waals surface area contributed by atoms with Crippen LogP contribution in [-0.4, -0.2) is 28.9 Å². The predicted molar refractivity (Wildman–Crippen MR) is 161 cm³/mol. The Morgan fingerprint density at radius 2 is 1.18 bits per heavy atom. The zero-order chi connectivity index (χ0) is 26.2. The van der Waals surface area contributed by atoms with Gasteiger partial charge in [0.05, 0.1) is 22.2 Å². The Bertz CT molecular complexity index is 2440. The number of pyridine rings is 2. The molecule has 0 aliphatic rings. The molecule has 0 fully saturated rings. The SMILES string of the molecule is c1ccc(-c2nc(-n3c4ccccc4c4nc5c6ccccc6c6ccccc6n5c43)nc3ccccc23)nc1. The van der Waals surface area contributed by atoms with Crippen LogP contribution in [0.1, 0.15) is 0 Å². The van der Waals surface area contributed by atoms with Gasteiger partial charge in [-0.15, -0.1) is 0 Å². The van der Waals surface area contributed by atoms with E-state index in [0.717, 1.165) is 60.9 Å². The molecule has 5 heterocycles. The van der Waals surface area contributed by atoms with Gasteiger partial charge < -0.3 is 0 Å². The number of nitrogens with zero attached hydrogens (tertiary/aromatic N) is 6. The third-order valence-electron chi connectivity index (χ3n) is 7.77. The van der Waals surface area contributed by atoms with Crippen molar-refractivity contribution in [1.82, 2.24) is 28.9 Å². The summed E-state index contributed by atoms with van der Waals surface area (Å²) in [4.78, 5) is 20.2. The summed E-state index contributed by atoms with van der Waals surface area (Å²) >= 11 is 0. The van der Waals surface area contributed by atoms with E-state index in [1.165, 1.54) is 10.8 Å². The molecule has 0 radical (unpaired) electrons. The Kier molecular flexibility index (Phi) is 4.24. The highest BCUT2D eigenvalue weighted by molar-refractivity contribution is 6.16. The van der Waals surface area contributed by atoms with Gasteiger partial charge in [-0.25, -0.2) is 15.0 Å². The molecule has 186 valence electrons. The van der Waals surface area contributed by atoms with Gasteiger partial charge in [0, 0.05) is 27.7 Å². The summed E-state index contributed by atoms with van der Waals surface area (Å²) in [7, 11) is 0. The molecule has 0 saturated heterocycles. The van der Waals surface area contributed by atoms with Crippen LogP contribution in [-0.2, 0) is 0 Å². The minimum absolute atomic E-state index is 0.588. The van der Waals surface area contributed by atoms with Crippen LogP contribution < -0.4 is 0 Å². The maximum absolute atomic E-state index is 5.28. The van der Waals surface area contributed by atoms with Gasteiger partial charge in [0.25, 0.3) is 0 Å². The molecule has 9 aromatic rings. The third kappa shape index (κ3) is 2.82. The fraction of sp³-hybridized carbons (Fsp3) is 0. The maximum atomic E-state index is 5.28. The van der Waals surface area contributed by atoms with Crippen LogP contribution in [0, 0.1) is 0 Å². The Hall–Kier alpha value is -5.62. The van der Waals surface area contributed by atoms with Crippen LogP contribution in [0.3, 0.4) is 0 Å². The van der Waals surface area contributed by atoms with E-state index < -0.39 is 0 Å². The smallest absolute Gasteiger partial charge is 0.237 e. The lowest BCUT2D eigenvalue weighted by atomic mass is 10.1. The minimum Gasteiger partial charge on any atom is -0.277 e. The number of fused-ring (bicyclic) bond motifs is 11. The van der Waals surface area contributed by atoms with Crippen molar-refractivity contribution >= 4 is 60.3 Å². The van der Waals surface area contributed by atoms with Gasteiger partial charge in [0.2, 0.25) is 5.95 Å². The molecule has 5 aromatic heterocycles. The molecule has 0 N–H and O–H groups in total. The van der Waals surface area contributed by atoms with E-state index in [-0.39, 0.29) is 0 Å². The molecule has 0 unspecified atom stereocenters. The molecule has 40 heavy (non-hydrogen) atoms. The standard InChI is InChI=1S/C34H20N6/c1-2-13-23-21(11-1)22-12-4-7-18-28(22)39-32(23)37-31-25-15-5-8-19-29(25)40(33(31)39)34-36-26-16-6-3-14-24(26)30(38-34)27-17-9-10-20-35-27/h1-20H. The largest absolute Gasteiger partial charge is 0.277 e. The fourth-order valence-electron chi connectivity index (χ4n) is 6.06. The average molecular weight is 513 g/mol. The highest BCUT2D eigenvalue weighted by Crippen LogP contribution is 2.37. The molecule has 0 bridgehead atoms. The van der Waals surface area contributed by atoms with Gasteiger partial charge in [0.1, 0.15) is 16.9 Å². The van der Waals surface area contributed by atoms with Crippen molar-refractivity contribution in [3.8, 4) is 17.3 Å². The molecule has 6 heteroatoms. The van der Waals surface area contributed by atoms with Crippen LogP contribution in [0.15, 0.2) is 121 Å². The van der Waals surface area contributed by atoms with Crippen LogP contribution in [0.2, 0.25) is 0 Å². The fourth-order valence-corrected chi connectivity index (χ4v) is 6.06. The van der Waals surface area contributed by atoms with Crippen molar-refractivity contribution in [3.63, 3.8) is 0 Å². The highest BCUT2D eigenvalue weighted by Gasteiger charge is 2.23. The van der Waals surface area contributed by atoms with Crippen LogP contribution in [0.4, 0.5) is 0 Å². The molecule has 0 aliphatic carbocycles. The van der Waals surface area contributed by atoms with Gasteiger partial charge in [-0.1, -0.05) is 84.9 Å². The van der Waals surface area contributed by atoms with Crippen molar-refractivity contribution in [1.29, 1.82) is 0 Å². The van der Waals surface area contributed by atoms with Gasteiger partial charge >= 0.3 is 0 Å². The second-order valence-corrected chi connectivity index (χ2v) is 9.96. The van der Waals surface area contributed by atoms with E-state index in [0.29, 0.717) is 5.95 Å². The Morgan fingerprint density at radius 1 is 0.500 bits per heavy atom. The molecule has 0 amide bonds. The Balaban J connectivity index is 1.52. The maximum Gasteiger partial charge on any atom is 0.237 e. The normalized spacial score (nSPS) is 12.0. The van der Waals surface area contributed by atoms with Crippen molar-refractivity contribution < 1.29 is 0 Å². The summed E-state index contributed by atoms with van der Waals surface area (Å²) in [5, 5.41) is 5.50. The van der Waals surface area contributed by atoms with Gasteiger partial charge in [-0.05, 0) is 35.7 Å². The second kappa shape index (κ2) is 7.94. The van der Waals surface area contributed by atoms with Crippen LogP contribution in [0.5, 0.6) is 0 Å². The van der Waals surface area contributed by atoms with Crippen molar-refractivity contribution in [2.45, 2.75) is 0 Å². The van der Waals surface area contributed by atoms with E-state index in [4.69, 9.17) is 15.0 Å². The van der Waals surface area contributed by atoms with E-state index in [1.54, 1.807) is 6.20 Å². The molecule has 0 aliphatic heterocycles. The van der Waals surface area contributed by atoms with E-state index in [9.17, 15) is 0 Å². The first kappa shape index (κ1) is 21.3. The molecule has 0 atom stereocenters. The van der Waals surface area contributed by atoms with Crippen LogP contribution >= 0.6 is 0 Å². The lowest BCUT2D eigenvalue weighted by Crippen LogP contribution is -2.05. The molecule has 6 nitrogen and oxygen atoms in total. The number of para-hydroxylation sites is 3. The first-order chi connectivity index (χ1) is 19.9. The number of benzene rings is 4. The van der Waals surface area contributed by atoms with Gasteiger partial charge in [-0.2, -0.15) is 0 Å². The van der Waals surface area contributed by atoms with Crippen LogP contribution in [0.25, 0.3) is 77.6 Å². The van der Waals surface area contributed by atoms with Crippen molar-refractivity contribution in [2.75, 3.05) is 0 Å². The lowest BCUT2D eigenvalue weighted by molar-refractivity contribution is 0.990. The van der Waals surface area contributed by atoms with Gasteiger partial charge in [0.15, 0.2) is 5.65 Å². The quantitative estimate of drug-likeness (QED) is 0.222. The number of hydrogen-bond donors (Lipinski definition) is 0. The Morgan fingerprint density at radius 3 is 2.00 bits per heavy atom. The summed E-state index contributed by atoms with van der Waals surface area (Å²) in [5.41, 5.74) is 7.37. The number of rotatable bonds is 2. The first-order valence-electron chi connectivity index (χ1n) is 13.3. The average Bonchev–Trinajstić information content (AvgIpc) is 3.56. The molecule has 0 saturated carbocycles. The topological polar surface area (TPSA) is 60.9 Å². The Labute approximate surface area is 227 Å². The molecular weight excluding hydrogens is 492 g/mol.